The van der Waals surface area contributed by atoms with Crippen LogP contribution in [-0.2, 0) is 0 Å². The van der Waals surface area contributed by atoms with Gasteiger partial charge in [-0.05, 0) is 105 Å². The van der Waals surface area contributed by atoms with Crippen LogP contribution >= 0.6 is 0 Å². The van der Waals surface area contributed by atoms with Crippen LogP contribution in [0.15, 0.2) is 206 Å². The van der Waals surface area contributed by atoms with E-state index in [1.165, 1.54) is 0 Å². The summed E-state index contributed by atoms with van der Waals surface area (Å²) in [5, 5.41) is 26.3. The van der Waals surface area contributed by atoms with E-state index in [0.29, 0.717) is 22.5 Å². The van der Waals surface area contributed by atoms with Crippen LogP contribution < -0.4 is 0 Å². The minimum absolute atomic E-state index is 0.465. The predicted octanol–water partition coefficient (Wildman–Crippen LogP) is 14.3. The molecule has 9 aromatic carbocycles. The van der Waals surface area contributed by atoms with Gasteiger partial charge in [-0.15, -0.1) is 0 Å². The minimum atomic E-state index is 0.465. The summed E-state index contributed by atoms with van der Waals surface area (Å²) in [6.07, 6.45) is 0. The lowest BCUT2D eigenvalue weighted by molar-refractivity contribution is 1.11. The molecule has 0 atom stereocenters. The maximum absolute atomic E-state index is 11.4. The molecule has 2 heterocycles. The Morgan fingerprint density at radius 1 is 0.283 bits per heavy atom. The van der Waals surface area contributed by atoms with Gasteiger partial charge in [0.2, 0.25) is 0 Å². The maximum Gasteiger partial charge on any atom is 0.104 e. The Labute approximate surface area is 347 Å². The molecule has 0 aliphatic carbocycles. The van der Waals surface area contributed by atoms with Crippen molar-refractivity contribution in [3.63, 3.8) is 0 Å². The Bertz CT molecular complexity index is 3110. The second-order valence-corrected chi connectivity index (χ2v) is 15.2. The summed E-state index contributed by atoms with van der Waals surface area (Å²) in [5.41, 5.74) is 15.0. The number of hydrogen-bond donors (Lipinski definition) is 0. The van der Waals surface area contributed by atoms with E-state index in [2.05, 4.69) is 191 Å². The van der Waals surface area contributed by atoms with Crippen LogP contribution in [0.4, 0.5) is 0 Å². The molecule has 0 radical (unpaired) electrons. The van der Waals surface area contributed by atoms with Crippen molar-refractivity contribution in [2.24, 2.45) is 0 Å². The Morgan fingerprint density at radius 2 is 0.567 bits per heavy atom. The largest absolute Gasteiger partial charge is 0.308 e. The van der Waals surface area contributed by atoms with Crippen LogP contribution in [0, 0.1) is 22.7 Å². The van der Waals surface area contributed by atoms with Gasteiger partial charge in [-0.2, -0.15) is 10.5 Å². The van der Waals surface area contributed by atoms with Crippen LogP contribution in [0.2, 0.25) is 0 Å². The van der Waals surface area contributed by atoms with Crippen LogP contribution in [0.25, 0.3) is 99.5 Å². The highest BCUT2D eigenvalue weighted by molar-refractivity contribution is 6.13. The summed E-state index contributed by atoms with van der Waals surface area (Å²) in [6.45, 7) is 0. The fourth-order valence-corrected chi connectivity index (χ4v) is 8.95. The van der Waals surface area contributed by atoms with Crippen molar-refractivity contribution in [3.8, 4) is 68.0 Å². The zero-order valence-corrected chi connectivity index (χ0v) is 32.4. The van der Waals surface area contributed by atoms with Crippen LogP contribution in [-0.4, -0.2) is 9.13 Å². The first-order chi connectivity index (χ1) is 29.7. The van der Waals surface area contributed by atoms with Gasteiger partial charge in [0.15, 0.2) is 0 Å². The summed E-state index contributed by atoms with van der Waals surface area (Å²) < 4.78 is 4.35. The first kappa shape index (κ1) is 34.8. The summed E-state index contributed by atoms with van der Waals surface area (Å²) in [7, 11) is 0. The number of hydrogen-bond acceptors (Lipinski definition) is 2. The summed E-state index contributed by atoms with van der Waals surface area (Å²) >= 11 is 0. The first-order valence-corrected chi connectivity index (χ1v) is 20.0. The van der Waals surface area contributed by atoms with Crippen LogP contribution in [0.5, 0.6) is 0 Å². The summed E-state index contributed by atoms with van der Waals surface area (Å²) in [5.74, 6) is 0. The van der Waals surface area contributed by atoms with E-state index in [0.717, 1.165) is 88.1 Å². The molecule has 0 saturated carbocycles. The molecule has 0 saturated heterocycles. The molecule has 0 aliphatic rings. The molecule has 0 aliphatic heterocycles. The minimum Gasteiger partial charge on any atom is -0.308 e. The van der Waals surface area contributed by atoms with Gasteiger partial charge in [0, 0.05) is 21.5 Å². The zero-order valence-electron chi connectivity index (χ0n) is 32.4. The molecule has 11 aromatic rings. The molecule has 11 rings (SSSR count). The average molecular weight is 763 g/mol. The normalized spacial score (nSPS) is 11.3. The molecule has 0 bridgehead atoms. The van der Waals surface area contributed by atoms with Gasteiger partial charge in [-0.25, -0.2) is 0 Å². The molecule has 0 unspecified atom stereocenters. The van der Waals surface area contributed by atoms with Crippen molar-refractivity contribution in [1.29, 1.82) is 10.5 Å². The van der Waals surface area contributed by atoms with E-state index in [1.807, 2.05) is 36.4 Å². The molecule has 278 valence electrons. The van der Waals surface area contributed by atoms with Crippen molar-refractivity contribution in [3.05, 3.63) is 217 Å². The van der Waals surface area contributed by atoms with E-state index >= 15 is 0 Å². The molecule has 0 amide bonds. The second-order valence-electron chi connectivity index (χ2n) is 15.2. The quantitative estimate of drug-likeness (QED) is 0.169. The average Bonchev–Trinajstić information content (AvgIpc) is 3.83. The highest BCUT2D eigenvalue weighted by Gasteiger charge is 2.23. The van der Waals surface area contributed by atoms with Gasteiger partial charge < -0.3 is 9.13 Å². The van der Waals surface area contributed by atoms with Crippen molar-refractivity contribution < 1.29 is 0 Å². The smallest absolute Gasteiger partial charge is 0.104 e. The van der Waals surface area contributed by atoms with E-state index in [-0.39, 0.29) is 0 Å². The SMILES string of the molecule is N#Cc1cc(-n2c3ccc(-c4ccccc4)cc3c3cc(-c4ccccc4)ccc32)c(C#N)c(-n2c3ccc(-c4ccccc4)cc3c3cc(-c4ccccc4)ccc32)c1. The summed E-state index contributed by atoms with van der Waals surface area (Å²) in [4.78, 5) is 0. The molecule has 60 heavy (non-hydrogen) atoms. The lowest BCUT2D eigenvalue weighted by Gasteiger charge is -2.17. The third-order valence-corrected chi connectivity index (χ3v) is 11.8. The standard InChI is InChI=1S/C56H34N4/c57-35-37-29-55(59-51-25-21-42(38-13-5-1-6-14-38)31-46(51)47-32-43(22-26-52(47)59)39-15-7-2-8-16-39)50(36-58)56(30-37)60-53-27-23-44(40-17-9-3-10-18-40)33-48(53)49-34-45(24-28-54(49)60)41-19-11-4-12-20-41/h1-34H. The number of fused-ring (bicyclic) bond motifs is 6. The zero-order chi connectivity index (χ0) is 40.2. The van der Waals surface area contributed by atoms with Crippen molar-refractivity contribution >= 4 is 43.6 Å². The van der Waals surface area contributed by atoms with Gasteiger partial charge in [0.1, 0.15) is 11.6 Å². The van der Waals surface area contributed by atoms with Crippen molar-refractivity contribution in [1.82, 2.24) is 9.13 Å². The van der Waals surface area contributed by atoms with Gasteiger partial charge in [0.05, 0.1) is 45.1 Å². The van der Waals surface area contributed by atoms with E-state index in [4.69, 9.17) is 0 Å². The summed E-state index contributed by atoms with van der Waals surface area (Å²) in [6, 6.07) is 76.7. The predicted molar refractivity (Wildman–Crippen MR) is 246 cm³/mol. The van der Waals surface area contributed by atoms with Crippen molar-refractivity contribution in [2.45, 2.75) is 0 Å². The highest BCUT2D eigenvalue weighted by atomic mass is 15.0. The lowest BCUT2D eigenvalue weighted by Crippen LogP contribution is -2.05. The number of aromatic nitrogens is 2. The Kier molecular flexibility index (Phi) is 8.22. The Morgan fingerprint density at radius 3 is 0.817 bits per heavy atom. The third kappa shape index (κ3) is 5.67. The fourth-order valence-electron chi connectivity index (χ4n) is 8.95. The number of nitriles is 2. The van der Waals surface area contributed by atoms with Gasteiger partial charge >= 0.3 is 0 Å². The van der Waals surface area contributed by atoms with Gasteiger partial charge in [0.25, 0.3) is 0 Å². The molecular formula is C56H34N4. The first-order valence-electron chi connectivity index (χ1n) is 20.0. The Balaban J connectivity index is 1.20. The van der Waals surface area contributed by atoms with Gasteiger partial charge in [-0.1, -0.05) is 146 Å². The van der Waals surface area contributed by atoms with Gasteiger partial charge in [-0.3, -0.25) is 0 Å². The molecule has 0 N–H and O–H groups in total. The molecule has 0 spiro atoms. The molecular weight excluding hydrogens is 729 g/mol. The second kappa shape index (κ2) is 14.2. The van der Waals surface area contributed by atoms with Crippen LogP contribution in [0.1, 0.15) is 11.1 Å². The molecule has 2 aromatic heterocycles. The highest BCUT2D eigenvalue weighted by Crippen LogP contribution is 2.42. The molecule has 4 heteroatoms. The topological polar surface area (TPSA) is 57.4 Å². The number of nitrogens with zero attached hydrogens (tertiary/aromatic N) is 4. The third-order valence-electron chi connectivity index (χ3n) is 11.8. The Hall–Kier alpha value is -8.44. The fraction of sp³-hybridized carbons (Fsp3) is 0. The van der Waals surface area contributed by atoms with E-state index in [9.17, 15) is 10.5 Å². The van der Waals surface area contributed by atoms with Crippen molar-refractivity contribution in [2.75, 3.05) is 0 Å². The van der Waals surface area contributed by atoms with Crippen LogP contribution in [0.3, 0.4) is 0 Å². The molecule has 4 nitrogen and oxygen atoms in total. The maximum atomic E-state index is 11.4. The van der Waals surface area contributed by atoms with E-state index in [1.54, 1.807) is 0 Å². The lowest BCUT2D eigenvalue weighted by atomic mass is 10.0. The number of benzene rings is 9. The van der Waals surface area contributed by atoms with E-state index < -0.39 is 0 Å². The number of rotatable bonds is 6. The molecule has 0 fully saturated rings. The monoisotopic (exact) mass is 762 g/mol.